The zero-order chi connectivity index (χ0) is 14.7. The molecule has 0 aliphatic carbocycles. The lowest BCUT2D eigenvalue weighted by Crippen LogP contribution is -2.06. The van der Waals surface area contributed by atoms with Gasteiger partial charge in [0.15, 0.2) is 5.82 Å². The summed E-state index contributed by atoms with van der Waals surface area (Å²) in [6.45, 7) is 2.11. The van der Waals surface area contributed by atoms with E-state index in [0.29, 0.717) is 29.4 Å². The minimum atomic E-state index is -0.260. The lowest BCUT2D eigenvalue weighted by molar-refractivity contribution is 0.181. The summed E-state index contributed by atoms with van der Waals surface area (Å²) in [6, 6.07) is 4.99. The molecule has 0 bridgehead atoms. The first-order valence-corrected chi connectivity index (χ1v) is 7.14. The molecule has 1 heterocycles. The fraction of sp³-hybridized carbons (Fsp3) is 0.286. The van der Waals surface area contributed by atoms with E-state index in [2.05, 4.69) is 37.9 Å². The van der Waals surface area contributed by atoms with Gasteiger partial charge in [-0.2, -0.15) is 0 Å². The number of hydrogen-bond donors (Lipinski definition) is 1. The molecule has 0 radical (unpaired) electrons. The number of halogens is 2. The Labute approximate surface area is 130 Å². The first-order valence-electron chi connectivity index (χ1n) is 6.06. The van der Waals surface area contributed by atoms with Crippen molar-refractivity contribution < 1.29 is 9.13 Å². The fourth-order valence-corrected chi connectivity index (χ4v) is 2.42. The molecule has 4 nitrogen and oxygen atoms in total. The first-order chi connectivity index (χ1) is 9.56. The van der Waals surface area contributed by atoms with Gasteiger partial charge in [-0.25, -0.2) is 14.4 Å². The number of methoxy groups -OCH3 is 1. The van der Waals surface area contributed by atoms with Crippen molar-refractivity contribution in [2.24, 2.45) is 0 Å². The van der Waals surface area contributed by atoms with Crippen LogP contribution in [0.2, 0.25) is 0 Å². The Morgan fingerprint density at radius 2 is 2.10 bits per heavy atom. The largest absolute Gasteiger partial charge is 0.378 e. The Morgan fingerprint density at radius 1 is 1.35 bits per heavy atom. The molecule has 0 aliphatic rings. The van der Waals surface area contributed by atoms with Crippen molar-refractivity contribution in [3.63, 3.8) is 0 Å². The third-order valence-corrected chi connectivity index (χ3v) is 4.00. The number of rotatable bonds is 4. The van der Waals surface area contributed by atoms with Crippen LogP contribution in [-0.2, 0) is 11.3 Å². The van der Waals surface area contributed by atoms with Crippen LogP contribution in [0.25, 0.3) is 11.4 Å². The Morgan fingerprint density at radius 3 is 2.70 bits per heavy atom. The lowest BCUT2D eigenvalue weighted by atomic mass is 10.1. The van der Waals surface area contributed by atoms with Crippen molar-refractivity contribution in [3.05, 3.63) is 38.8 Å². The van der Waals surface area contributed by atoms with E-state index >= 15 is 0 Å². The molecule has 0 fully saturated rings. The molecular weight excluding hydrogens is 372 g/mol. The molecular formula is C14H15FIN3O. The van der Waals surface area contributed by atoms with E-state index in [0.717, 1.165) is 9.26 Å². The van der Waals surface area contributed by atoms with E-state index in [9.17, 15) is 4.39 Å². The summed E-state index contributed by atoms with van der Waals surface area (Å²) in [7, 11) is 3.41. The van der Waals surface area contributed by atoms with Crippen molar-refractivity contribution in [3.8, 4) is 11.4 Å². The number of hydrogen-bond acceptors (Lipinski definition) is 4. The number of anilines is 1. The second kappa shape index (κ2) is 6.45. The molecule has 2 rings (SSSR count). The monoisotopic (exact) mass is 387 g/mol. The van der Waals surface area contributed by atoms with Crippen LogP contribution < -0.4 is 5.32 Å². The van der Waals surface area contributed by atoms with Crippen LogP contribution >= 0.6 is 22.6 Å². The molecule has 0 saturated carbocycles. The smallest absolute Gasteiger partial charge is 0.162 e. The molecule has 0 atom stereocenters. The zero-order valence-corrected chi connectivity index (χ0v) is 13.7. The summed E-state index contributed by atoms with van der Waals surface area (Å²) in [4.78, 5) is 8.88. The van der Waals surface area contributed by atoms with Crippen LogP contribution in [0.3, 0.4) is 0 Å². The normalized spacial score (nSPS) is 10.7. The van der Waals surface area contributed by atoms with E-state index < -0.39 is 0 Å². The summed E-state index contributed by atoms with van der Waals surface area (Å²) in [5, 5.41) is 3.02. The van der Waals surface area contributed by atoms with Crippen LogP contribution in [0.15, 0.2) is 18.2 Å². The number of nitrogens with zero attached hydrogens (tertiary/aromatic N) is 2. The van der Waals surface area contributed by atoms with Crippen LogP contribution in [-0.4, -0.2) is 24.1 Å². The molecule has 6 heteroatoms. The van der Waals surface area contributed by atoms with E-state index in [-0.39, 0.29) is 5.82 Å². The summed E-state index contributed by atoms with van der Waals surface area (Å²) in [5.41, 5.74) is 2.03. The number of aromatic nitrogens is 2. The van der Waals surface area contributed by atoms with Crippen molar-refractivity contribution in [2.75, 3.05) is 19.5 Å². The summed E-state index contributed by atoms with van der Waals surface area (Å²) in [5.74, 6) is 0.938. The Balaban J connectivity index is 2.55. The molecule has 0 spiro atoms. The predicted molar refractivity (Wildman–Crippen MR) is 85.1 cm³/mol. The Kier molecular flexibility index (Phi) is 4.87. The van der Waals surface area contributed by atoms with Crippen molar-refractivity contribution in [2.45, 2.75) is 13.5 Å². The minimum absolute atomic E-state index is 0.260. The average Bonchev–Trinajstić information content (AvgIpc) is 2.44. The molecule has 1 aromatic carbocycles. The Bertz CT molecular complexity index is 634. The number of aryl methyl sites for hydroxylation is 1. The predicted octanol–water partition coefficient (Wildman–Crippen LogP) is 3.38. The van der Waals surface area contributed by atoms with Gasteiger partial charge in [-0.05, 0) is 41.1 Å². The van der Waals surface area contributed by atoms with Gasteiger partial charge in [0.25, 0.3) is 0 Å². The van der Waals surface area contributed by atoms with E-state index in [4.69, 9.17) is 4.74 Å². The fourth-order valence-electron chi connectivity index (χ4n) is 1.75. The van der Waals surface area contributed by atoms with Crippen molar-refractivity contribution >= 4 is 28.4 Å². The van der Waals surface area contributed by atoms with Crippen LogP contribution in [0, 0.1) is 16.3 Å². The molecule has 0 unspecified atom stereocenters. The highest BCUT2D eigenvalue weighted by atomic mass is 127. The number of nitrogens with one attached hydrogen (secondary N) is 1. The second-order valence-corrected chi connectivity index (χ2v) is 5.38. The molecule has 106 valence electrons. The molecule has 0 saturated heterocycles. The maximum Gasteiger partial charge on any atom is 0.162 e. The lowest BCUT2D eigenvalue weighted by Gasteiger charge is -2.11. The molecule has 20 heavy (non-hydrogen) atoms. The van der Waals surface area contributed by atoms with Gasteiger partial charge in [-0.3, -0.25) is 0 Å². The summed E-state index contributed by atoms with van der Waals surface area (Å²) < 4.78 is 19.7. The van der Waals surface area contributed by atoms with E-state index in [1.807, 2.05) is 6.07 Å². The van der Waals surface area contributed by atoms with Gasteiger partial charge in [-0.1, -0.05) is 12.1 Å². The van der Waals surface area contributed by atoms with Gasteiger partial charge in [-0.15, -0.1) is 0 Å². The molecule has 0 amide bonds. The molecule has 1 aromatic heterocycles. The number of benzene rings is 1. The second-order valence-electron chi connectivity index (χ2n) is 4.30. The molecule has 0 aliphatic heterocycles. The van der Waals surface area contributed by atoms with Gasteiger partial charge in [0.05, 0.1) is 15.9 Å². The highest BCUT2D eigenvalue weighted by molar-refractivity contribution is 14.1. The third-order valence-electron chi connectivity index (χ3n) is 2.87. The van der Waals surface area contributed by atoms with Gasteiger partial charge < -0.3 is 10.1 Å². The highest BCUT2D eigenvalue weighted by Crippen LogP contribution is 2.25. The maximum absolute atomic E-state index is 13.7. The van der Waals surface area contributed by atoms with Crippen LogP contribution in [0.4, 0.5) is 10.2 Å². The maximum atomic E-state index is 13.7. The van der Waals surface area contributed by atoms with Gasteiger partial charge in [0.2, 0.25) is 0 Å². The van der Waals surface area contributed by atoms with Crippen LogP contribution in [0.5, 0.6) is 0 Å². The summed E-state index contributed by atoms with van der Waals surface area (Å²) >= 11 is 2.17. The van der Waals surface area contributed by atoms with Gasteiger partial charge in [0.1, 0.15) is 11.6 Å². The first kappa shape index (κ1) is 15.1. The standard InChI is InChI=1S/C14H15FIN3O/c1-8-4-5-9(6-10(8)15)13-18-11(7-20-3)12(16)14(17-2)19-13/h4-6H,7H2,1-3H3,(H,17,18,19). The third kappa shape index (κ3) is 3.06. The summed E-state index contributed by atoms with van der Waals surface area (Å²) in [6.07, 6.45) is 0. The molecule has 1 N–H and O–H groups in total. The zero-order valence-electron chi connectivity index (χ0n) is 11.5. The number of ether oxygens (including phenoxy) is 1. The quantitative estimate of drug-likeness (QED) is 0.818. The van der Waals surface area contributed by atoms with Crippen molar-refractivity contribution in [1.82, 2.24) is 9.97 Å². The minimum Gasteiger partial charge on any atom is -0.378 e. The van der Waals surface area contributed by atoms with Gasteiger partial charge >= 0.3 is 0 Å². The van der Waals surface area contributed by atoms with Crippen molar-refractivity contribution in [1.29, 1.82) is 0 Å². The van der Waals surface area contributed by atoms with E-state index in [1.165, 1.54) is 6.07 Å². The van der Waals surface area contributed by atoms with Crippen LogP contribution in [0.1, 0.15) is 11.3 Å². The topological polar surface area (TPSA) is 47.0 Å². The molecule has 2 aromatic rings. The SMILES string of the molecule is CNc1nc(-c2ccc(C)c(F)c2)nc(COC)c1I. The van der Waals surface area contributed by atoms with E-state index in [1.54, 1.807) is 27.1 Å². The van der Waals surface area contributed by atoms with Gasteiger partial charge in [0, 0.05) is 19.7 Å². The highest BCUT2D eigenvalue weighted by Gasteiger charge is 2.13. The average molecular weight is 387 g/mol. The Hall–Kier alpha value is -1.28.